The van der Waals surface area contributed by atoms with Gasteiger partial charge in [0.15, 0.2) is 0 Å². The van der Waals surface area contributed by atoms with Crippen molar-refractivity contribution in [3.63, 3.8) is 0 Å². The van der Waals surface area contributed by atoms with Gasteiger partial charge >= 0.3 is 5.97 Å². The third-order valence-corrected chi connectivity index (χ3v) is 4.47. The zero-order chi connectivity index (χ0) is 14.2. The minimum absolute atomic E-state index is 0.255. The second kappa shape index (κ2) is 5.13. The van der Waals surface area contributed by atoms with Gasteiger partial charge in [0.05, 0.1) is 5.39 Å². The summed E-state index contributed by atoms with van der Waals surface area (Å²) in [6, 6.07) is 0.255. The number of aromatic nitrogens is 2. The van der Waals surface area contributed by atoms with E-state index in [1.807, 2.05) is 0 Å². The van der Waals surface area contributed by atoms with Crippen LogP contribution in [0, 0.1) is 12.8 Å². The fourth-order valence-corrected chi connectivity index (χ4v) is 2.75. The topological polar surface area (TPSA) is 75.1 Å². The van der Waals surface area contributed by atoms with Gasteiger partial charge in [-0.25, -0.2) is 14.8 Å². The number of fused-ring (bicyclic) bond motifs is 1. The Morgan fingerprint density at radius 1 is 1.37 bits per heavy atom. The van der Waals surface area contributed by atoms with Crippen LogP contribution < -0.4 is 5.32 Å². The van der Waals surface area contributed by atoms with E-state index < -0.39 is 5.97 Å². The molecule has 0 fully saturated rings. The standard InChI is InChI=1S/C13H17N3O2S/c1-6(2)8(4)16-11-9-7(3)10(13(17)18)19-12(9)15-5-14-11/h5-6,8H,1-4H3,(H,17,18)(H,14,15,16). The van der Waals surface area contributed by atoms with Gasteiger partial charge in [-0.15, -0.1) is 11.3 Å². The molecule has 0 bridgehead atoms. The molecule has 0 radical (unpaired) electrons. The molecule has 0 spiro atoms. The van der Waals surface area contributed by atoms with Crippen molar-refractivity contribution >= 4 is 33.3 Å². The highest BCUT2D eigenvalue weighted by atomic mass is 32.1. The Hall–Kier alpha value is -1.69. The molecule has 0 aliphatic heterocycles. The number of carboxylic acids is 1. The van der Waals surface area contributed by atoms with Crippen LogP contribution in [0.3, 0.4) is 0 Å². The molecule has 2 N–H and O–H groups in total. The maximum absolute atomic E-state index is 11.2. The van der Waals surface area contributed by atoms with Crippen LogP contribution in [-0.2, 0) is 0 Å². The summed E-state index contributed by atoms with van der Waals surface area (Å²) in [7, 11) is 0. The SMILES string of the molecule is Cc1c(C(=O)O)sc2ncnc(NC(C)C(C)C)c12. The number of aromatic carboxylic acids is 1. The summed E-state index contributed by atoms with van der Waals surface area (Å²) in [5.74, 6) is 0.263. The monoisotopic (exact) mass is 279 g/mol. The number of aryl methyl sites for hydroxylation is 1. The fraction of sp³-hybridized carbons (Fsp3) is 0.462. The number of nitrogens with one attached hydrogen (secondary N) is 1. The molecule has 19 heavy (non-hydrogen) atoms. The van der Waals surface area contributed by atoms with Gasteiger partial charge in [0.2, 0.25) is 0 Å². The van der Waals surface area contributed by atoms with Crippen LogP contribution in [0.25, 0.3) is 10.2 Å². The van der Waals surface area contributed by atoms with E-state index in [0.29, 0.717) is 21.4 Å². The minimum atomic E-state index is -0.914. The number of nitrogens with zero attached hydrogens (tertiary/aromatic N) is 2. The zero-order valence-electron chi connectivity index (χ0n) is 11.4. The molecule has 1 unspecified atom stereocenters. The van der Waals surface area contributed by atoms with Gasteiger partial charge in [-0.2, -0.15) is 0 Å². The van der Waals surface area contributed by atoms with E-state index in [0.717, 1.165) is 10.9 Å². The average Bonchev–Trinajstić information content (AvgIpc) is 2.68. The minimum Gasteiger partial charge on any atom is -0.477 e. The van der Waals surface area contributed by atoms with Crippen molar-refractivity contribution in [3.8, 4) is 0 Å². The van der Waals surface area contributed by atoms with E-state index in [4.69, 9.17) is 5.11 Å². The van der Waals surface area contributed by atoms with Crippen molar-refractivity contribution in [1.82, 2.24) is 9.97 Å². The molecule has 2 aromatic rings. The summed E-state index contributed by atoms with van der Waals surface area (Å²) >= 11 is 1.19. The lowest BCUT2D eigenvalue weighted by Gasteiger charge is -2.18. The number of hydrogen-bond donors (Lipinski definition) is 2. The lowest BCUT2D eigenvalue weighted by molar-refractivity contribution is 0.0701. The predicted octanol–water partition coefficient (Wildman–Crippen LogP) is 3.15. The van der Waals surface area contributed by atoms with Crippen LogP contribution in [0.5, 0.6) is 0 Å². The van der Waals surface area contributed by atoms with E-state index in [2.05, 4.69) is 36.1 Å². The molecule has 102 valence electrons. The van der Waals surface area contributed by atoms with E-state index in [9.17, 15) is 4.79 Å². The number of carboxylic acid groups (broad SMARTS) is 1. The Bertz CT molecular complexity index is 622. The highest BCUT2D eigenvalue weighted by molar-refractivity contribution is 7.20. The van der Waals surface area contributed by atoms with Gasteiger partial charge < -0.3 is 10.4 Å². The molecule has 2 aromatic heterocycles. The van der Waals surface area contributed by atoms with Crippen molar-refractivity contribution < 1.29 is 9.90 Å². The van der Waals surface area contributed by atoms with Gasteiger partial charge in [0.25, 0.3) is 0 Å². The summed E-state index contributed by atoms with van der Waals surface area (Å²) in [5.41, 5.74) is 0.728. The third-order valence-electron chi connectivity index (χ3n) is 3.29. The highest BCUT2D eigenvalue weighted by Crippen LogP contribution is 2.33. The lowest BCUT2D eigenvalue weighted by Crippen LogP contribution is -2.22. The number of thiophene rings is 1. The van der Waals surface area contributed by atoms with Gasteiger partial charge in [-0.05, 0) is 25.3 Å². The molecule has 2 rings (SSSR count). The molecule has 0 aliphatic rings. The van der Waals surface area contributed by atoms with Gasteiger partial charge in [0, 0.05) is 6.04 Å². The van der Waals surface area contributed by atoms with Gasteiger partial charge in [-0.1, -0.05) is 13.8 Å². The van der Waals surface area contributed by atoms with Gasteiger partial charge in [0.1, 0.15) is 21.9 Å². The second-order valence-corrected chi connectivity index (χ2v) is 5.94. The highest BCUT2D eigenvalue weighted by Gasteiger charge is 2.19. The number of anilines is 1. The summed E-state index contributed by atoms with van der Waals surface area (Å²) in [6.45, 7) is 8.13. The Balaban J connectivity index is 2.53. The molecule has 0 amide bonds. The molecule has 0 saturated carbocycles. The van der Waals surface area contributed by atoms with Crippen molar-refractivity contribution in [3.05, 3.63) is 16.8 Å². The van der Waals surface area contributed by atoms with Crippen LogP contribution in [0.2, 0.25) is 0 Å². The largest absolute Gasteiger partial charge is 0.477 e. The quantitative estimate of drug-likeness (QED) is 0.899. The van der Waals surface area contributed by atoms with Crippen LogP contribution >= 0.6 is 11.3 Å². The average molecular weight is 279 g/mol. The van der Waals surface area contributed by atoms with Crippen molar-refractivity contribution in [1.29, 1.82) is 0 Å². The van der Waals surface area contributed by atoms with Crippen LogP contribution in [0.4, 0.5) is 5.82 Å². The van der Waals surface area contributed by atoms with Crippen LogP contribution in [-0.4, -0.2) is 27.1 Å². The molecule has 5 nitrogen and oxygen atoms in total. The summed E-state index contributed by atoms with van der Waals surface area (Å²) in [5, 5.41) is 13.3. The smallest absolute Gasteiger partial charge is 0.346 e. The molecule has 0 saturated heterocycles. The van der Waals surface area contributed by atoms with Crippen LogP contribution in [0.1, 0.15) is 36.0 Å². The fourth-order valence-electron chi connectivity index (χ4n) is 1.77. The first-order valence-corrected chi connectivity index (χ1v) is 6.97. The molecule has 1 atom stereocenters. The summed E-state index contributed by atoms with van der Waals surface area (Å²) in [6.07, 6.45) is 1.47. The molecule has 2 heterocycles. The zero-order valence-corrected chi connectivity index (χ0v) is 12.2. The van der Waals surface area contributed by atoms with E-state index in [-0.39, 0.29) is 6.04 Å². The molecular weight excluding hydrogens is 262 g/mol. The van der Waals surface area contributed by atoms with E-state index in [1.54, 1.807) is 6.92 Å². The first-order chi connectivity index (χ1) is 8.91. The van der Waals surface area contributed by atoms with E-state index >= 15 is 0 Å². The summed E-state index contributed by atoms with van der Waals surface area (Å²) < 4.78 is 0. The third kappa shape index (κ3) is 2.53. The Labute approximate surface area is 115 Å². The van der Waals surface area contributed by atoms with Crippen LogP contribution in [0.15, 0.2) is 6.33 Å². The first kappa shape index (κ1) is 13.7. The predicted molar refractivity (Wildman–Crippen MR) is 77.0 cm³/mol. The normalized spacial score (nSPS) is 12.9. The maximum Gasteiger partial charge on any atom is 0.346 e. The lowest BCUT2D eigenvalue weighted by atomic mass is 10.1. The first-order valence-electron chi connectivity index (χ1n) is 6.15. The van der Waals surface area contributed by atoms with Crippen molar-refractivity contribution in [2.45, 2.75) is 33.7 Å². The number of carbonyl (C=O) groups is 1. The second-order valence-electron chi connectivity index (χ2n) is 4.94. The number of rotatable bonds is 4. The Morgan fingerprint density at radius 3 is 2.63 bits per heavy atom. The summed E-state index contributed by atoms with van der Waals surface area (Å²) in [4.78, 5) is 20.6. The number of hydrogen-bond acceptors (Lipinski definition) is 5. The van der Waals surface area contributed by atoms with Crippen molar-refractivity contribution in [2.75, 3.05) is 5.32 Å². The maximum atomic E-state index is 11.2. The molecule has 6 heteroatoms. The Morgan fingerprint density at radius 2 is 2.05 bits per heavy atom. The van der Waals surface area contributed by atoms with Gasteiger partial charge in [-0.3, -0.25) is 0 Å². The Kier molecular flexibility index (Phi) is 3.71. The molecule has 0 aliphatic carbocycles. The molecular formula is C13H17N3O2S. The van der Waals surface area contributed by atoms with Crippen molar-refractivity contribution in [2.24, 2.45) is 5.92 Å². The molecule has 0 aromatic carbocycles. The van der Waals surface area contributed by atoms with E-state index in [1.165, 1.54) is 17.7 Å².